The van der Waals surface area contributed by atoms with Crippen molar-refractivity contribution in [3.63, 3.8) is 0 Å². The van der Waals surface area contributed by atoms with Gasteiger partial charge in [-0.3, -0.25) is 4.79 Å². The Kier molecular flexibility index (Phi) is 6.86. The van der Waals surface area contributed by atoms with Crippen LogP contribution in [0.25, 0.3) is 0 Å². The zero-order valence-corrected chi connectivity index (χ0v) is 12.9. The van der Waals surface area contributed by atoms with Gasteiger partial charge in [0.1, 0.15) is 0 Å². The minimum Gasteiger partial charge on any atom is -0.493 e. The van der Waals surface area contributed by atoms with Crippen LogP contribution in [0, 0.1) is 12.3 Å². The molecule has 3 N–H and O–H groups in total. The number of hydrogen-bond donors (Lipinski definition) is 2. The first-order chi connectivity index (χ1) is 10.0. The van der Waals surface area contributed by atoms with Crippen LogP contribution >= 0.6 is 11.6 Å². The van der Waals surface area contributed by atoms with Crippen molar-refractivity contribution in [2.45, 2.75) is 19.4 Å². The van der Waals surface area contributed by atoms with Gasteiger partial charge >= 0.3 is 0 Å². The number of ether oxygens (including phenoxy) is 2. The van der Waals surface area contributed by atoms with Crippen LogP contribution in [0.4, 0.5) is 0 Å². The van der Waals surface area contributed by atoms with E-state index in [1.807, 2.05) is 0 Å². The number of benzene rings is 1. The van der Waals surface area contributed by atoms with Gasteiger partial charge in [-0.1, -0.05) is 17.5 Å². The van der Waals surface area contributed by atoms with Gasteiger partial charge in [0.05, 0.1) is 13.7 Å². The van der Waals surface area contributed by atoms with E-state index in [9.17, 15) is 4.79 Å². The Hall–Kier alpha value is -1.90. The quantitative estimate of drug-likeness (QED) is 0.746. The van der Waals surface area contributed by atoms with Crippen LogP contribution in [0.2, 0.25) is 5.02 Å². The number of carbonyl (C=O) groups excluding carboxylic acids is 1. The summed E-state index contributed by atoms with van der Waals surface area (Å²) in [7, 11) is 1.51. The molecule has 5 nitrogen and oxygen atoms in total. The topological polar surface area (TPSA) is 73.6 Å². The van der Waals surface area contributed by atoms with Gasteiger partial charge in [-0.15, -0.1) is 6.42 Å². The molecule has 0 fully saturated rings. The van der Waals surface area contributed by atoms with E-state index in [2.05, 4.69) is 11.2 Å². The smallest absolute Gasteiger partial charge is 0.261 e. The largest absolute Gasteiger partial charge is 0.493 e. The molecule has 0 bridgehead atoms. The summed E-state index contributed by atoms with van der Waals surface area (Å²) in [5, 5.41) is 3.08. The Morgan fingerprint density at radius 1 is 1.57 bits per heavy atom. The summed E-state index contributed by atoms with van der Waals surface area (Å²) in [4.78, 5) is 11.8. The molecule has 1 atom stereocenters. The number of nitrogens with two attached hydrogens (primary N) is 1. The Morgan fingerprint density at radius 3 is 2.86 bits per heavy atom. The van der Waals surface area contributed by atoms with Crippen molar-refractivity contribution < 1.29 is 14.3 Å². The highest BCUT2D eigenvalue weighted by molar-refractivity contribution is 6.30. The predicted octanol–water partition coefficient (Wildman–Crippen LogP) is 1.37. The molecule has 0 saturated heterocycles. The summed E-state index contributed by atoms with van der Waals surface area (Å²) in [5.41, 5.74) is 6.38. The molecule has 0 radical (unpaired) electrons. The van der Waals surface area contributed by atoms with Gasteiger partial charge in [0.25, 0.3) is 5.91 Å². The zero-order chi connectivity index (χ0) is 15.8. The Bertz CT molecular complexity index is 540. The summed E-state index contributed by atoms with van der Waals surface area (Å²) in [6.45, 7) is 2.21. The molecule has 0 aliphatic rings. The van der Waals surface area contributed by atoms with E-state index in [1.54, 1.807) is 19.1 Å². The number of nitrogens with one attached hydrogen (secondary N) is 1. The summed E-state index contributed by atoms with van der Waals surface area (Å²) in [6, 6.07) is 3.38. The Labute approximate surface area is 129 Å². The van der Waals surface area contributed by atoms with Gasteiger partial charge in [-0.2, -0.15) is 0 Å². The van der Waals surface area contributed by atoms with Crippen molar-refractivity contribution in [2.75, 3.05) is 20.2 Å². The standard InChI is InChI=1S/C15H19ClN2O3/c1-4-7-18-15(19)10(2)21-14-11(5-6-17)8-12(16)9-13(14)20-3/h1,8-10H,5-7,17H2,2-3H3,(H,18,19). The van der Waals surface area contributed by atoms with Crippen molar-refractivity contribution in [1.29, 1.82) is 0 Å². The van der Waals surface area contributed by atoms with Crippen LogP contribution < -0.4 is 20.5 Å². The molecule has 0 aromatic heterocycles. The van der Waals surface area contributed by atoms with E-state index in [-0.39, 0.29) is 12.5 Å². The highest BCUT2D eigenvalue weighted by Crippen LogP contribution is 2.35. The number of halogens is 1. The SMILES string of the molecule is C#CCNC(=O)C(C)Oc1c(CCN)cc(Cl)cc1OC. The fourth-order valence-corrected chi connectivity index (χ4v) is 1.99. The average molecular weight is 311 g/mol. The lowest BCUT2D eigenvalue weighted by atomic mass is 10.1. The normalized spacial score (nSPS) is 11.4. The lowest BCUT2D eigenvalue weighted by Crippen LogP contribution is -2.36. The van der Waals surface area contributed by atoms with E-state index in [0.717, 1.165) is 5.56 Å². The summed E-state index contributed by atoms with van der Waals surface area (Å²) in [5.74, 6) is 2.96. The van der Waals surface area contributed by atoms with Crippen molar-refractivity contribution in [3.8, 4) is 23.8 Å². The molecule has 114 valence electrons. The molecule has 1 unspecified atom stereocenters. The highest BCUT2D eigenvalue weighted by atomic mass is 35.5. The molecule has 0 saturated carbocycles. The molecule has 1 aromatic rings. The maximum Gasteiger partial charge on any atom is 0.261 e. The first kappa shape index (κ1) is 17.2. The molecule has 0 aliphatic carbocycles. The lowest BCUT2D eigenvalue weighted by Gasteiger charge is -2.19. The minimum absolute atomic E-state index is 0.153. The van der Waals surface area contributed by atoms with Gasteiger partial charge in [0.2, 0.25) is 0 Å². The third-order valence-corrected chi connectivity index (χ3v) is 2.98. The minimum atomic E-state index is -0.718. The summed E-state index contributed by atoms with van der Waals surface area (Å²) in [6.07, 6.45) is 4.94. The molecular weight excluding hydrogens is 292 g/mol. The molecule has 6 heteroatoms. The van der Waals surface area contributed by atoms with Crippen LogP contribution in [0.1, 0.15) is 12.5 Å². The number of terminal acetylenes is 1. The molecule has 0 heterocycles. The monoisotopic (exact) mass is 310 g/mol. The second-order valence-electron chi connectivity index (χ2n) is 4.32. The van der Waals surface area contributed by atoms with Gasteiger partial charge in [0.15, 0.2) is 17.6 Å². The lowest BCUT2D eigenvalue weighted by molar-refractivity contribution is -0.127. The second-order valence-corrected chi connectivity index (χ2v) is 4.75. The molecular formula is C15H19ClN2O3. The Morgan fingerprint density at radius 2 is 2.29 bits per heavy atom. The van der Waals surface area contributed by atoms with Crippen LogP contribution in [0.15, 0.2) is 12.1 Å². The zero-order valence-electron chi connectivity index (χ0n) is 12.1. The summed E-state index contributed by atoms with van der Waals surface area (Å²) >= 11 is 6.03. The number of amides is 1. The highest BCUT2D eigenvalue weighted by Gasteiger charge is 2.19. The molecule has 1 amide bonds. The second kappa shape index (κ2) is 8.40. The van der Waals surface area contributed by atoms with Crippen molar-refractivity contribution in [1.82, 2.24) is 5.32 Å². The summed E-state index contributed by atoms with van der Waals surface area (Å²) < 4.78 is 11.0. The number of rotatable bonds is 7. The van der Waals surface area contributed by atoms with Crippen LogP contribution in [-0.4, -0.2) is 32.2 Å². The van der Waals surface area contributed by atoms with Gasteiger partial charge < -0.3 is 20.5 Å². The van der Waals surface area contributed by atoms with Crippen LogP contribution in [-0.2, 0) is 11.2 Å². The molecule has 0 spiro atoms. The first-order valence-corrected chi connectivity index (χ1v) is 6.85. The van der Waals surface area contributed by atoms with Crippen molar-refractivity contribution in [3.05, 3.63) is 22.7 Å². The van der Waals surface area contributed by atoms with Crippen molar-refractivity contribution in [2.24, 2.45) is 5.73 Å². The third kappa shape index (κ3) is 4.85. The first-order valence-electron chi connectivity index (χ1n) is 6.47. The molecule has 21 heavy (non-hydrogen) atoms. The molecule has 0 aliphatic heterocycles. The number of hydrogen-bond acceptors (Lipinski definition) is 4. The van der Waals surface area contributed by atoms with E-state index < -0.39 is 6.10 Å². The van der Waals surface area contributed by atoms with E-state index in [0.29, 0.717) is 29.5 Å². The molecule has 1 aromatic carbocycles. The number of carbonyl (C=O) groups is 1. The van der Waals surface area contributed by atoms with E-state index in [1.165, 1.54) is 7.11 Å². The molecule has 1 rings (SSSR count). The fraction of sp³-hybridized carbons (Fsp3) is 0.400. The van der Waals surface area contributed by atoms with Gasteiger partial charge in [-0.25, -0.2) is 0 Å². The Balaban J connectivity index is 2.99. The van der Waals surface area contributed by atoms with Gasteiger partial charge in [-0.05, 0) is 26.0 Å². The maximum absolute atomic E-state index is 11.8. The number of methoxy groups -OCH3 is 1. The fourth-order valence-electron chi connectivity index (χ4n) is 1.76. The van der Waals surface area contributed by atoms with Gasteiger partial charge in [0, 0.05) is 16.7 Å². The maximum atomic E-state index is 11.8. The van der Waals surface area contributed by atoms with E-state index in [4.69, 9.17) is 33.2 Å². The van der Waals surface area contributed by atoms with Crippen LogP contribution in [0.3, 0.4) is 0 Å². The average Bonchev–Trinajstić information content (AvgIpc) is 2.47. The third-order valence-electron chi connectivity index (χ3n) is 2.76. The van der Waals surface area contributed by atoms with Crippen molar-refractivity contribution >= 4 is 17.5 Å². The van der Waals surface area contributed by atoms with Crippen LogP contribution in [0.5, 0.6) is 11.5 Å². The van der Waals surface area contributed by atoms with E-state index >= 15 is 0 Å². The predicted molar refractivity (Wildman–Crippen MR) is 82.7 cm³/mol.